The van der Waals surface area contributed by atoms with Crippen LogP contribution in [0.25, 0.3) is 10.4 Å². The van der Waals surface area contributed by atoms with E-state index in [1.165, 1.54) is 11.3 Å². The number of amides is 1. The van der Waals surface area contributed by atoms with E-state index < -0.39 is 0 Å². The SMILES string of the molecule is COc1ccccc1NC(=O)c1c(/N=C\c2ccc3c(c2)OCO3)sc(-c2ccccc2)c1C. The largest absolute Gasteiger partial charge is 0.495 e. The van der Waals surface area contributed by atoms with E-state index in [2.05, 4.69) is 5.32 Å². The summed E-state index contributed by atoms with van der Waals surface area (Å²) >= 11 is 1.49. The van der Waals surface area contributed by atoms with Crippen LogP contribution in [0.5, 0.6) is 17.2 Å². The van der Waals surface area contributed by atoms with E-state index in [1.807, 2.05) is 79.7 Å². The molecule has 1 aliphatic heterocycles. The Balaban J connectivity index is 1.54. The summed E-state index contributed by atoms with van der Waals surface area (Å²) in [5, 5.41) is 3.61. The highest BCUT2D eigenvalue weighted by Gasteiger charge is 2.23. The quantitative estimate of drug-likeness (QED) is 0.328. The molecule has 0 unspecified atom stereocenters. The number of nitrogens with one attached hydrogen (secondary N) is 1. The molecule has 7 heteroatoms. The number of hydrogen-bond acceptors (Lipinski definition) is 6. The molecule has 1 amide bonds. The monoisotopic (exact) mass is 470 g/mol. The topological polar surface area (TPSA) is 69.2 Å². The summed E-state index contributed by atoms with van der Waals surface area (Å²) in [5.41, 5.74) is 3.91. The second kappa shape index (κ2) is 9.41. The van der Waals surface area contributed by atoms with Gasteiger partial charge in [-0.2, -0.15) is 0 Å². The van der Waals surface area contributed by atoms with E-state index in [9.17, 15) is 4.79 Å². The zero-order valence-corrected chi connectivity index (χ0v) is 19.5. The van der Waals surface area contributed by atoms with E-state index in [1.54, 1.807) is 13.3 Å². The molecule has 0 aliphatic carbocycles. The number of benzene rings is 3. The minimum Gasteiger partial charge on any atom is -0.495 e. The molecule has 0 spiro atoms. The Hall–Kier alpha value is -4.10. The molecular weight excluding hydrogens is 448 g/mol. The molecule has 1 aromatic heterocycles. The van der Waals surface area contributed by atoms with Crippen LogP contribution in [0.15, 0.2) is 77.8 Å². The summed E-state index contributed by atoms with van der Waals surface area (Å²) in [5.74, 6) is 1.76. The fourth-order valence-corrected chi connectivity index (χ4v) is 4.94. The first-order chi connectivity index (χ1) is 16.6. The van der Waals surface area contributed by atoms with Gasteiger partial charge >= 0.3 is 0 Å². The highest BCUT2D eigenvalue weighted by molar-refractivity contribution is 7.19. The van der Waals surface area contributed by atoms with Gasteiger partial charge in [-0.25, -0.2) is 4.99 Å². The summed E-state index contributed by atoms with van der Waals surface area (Å²) < 4.78 is 16.2. The van der Waals surface area contributed by atoms with Crippen molar-refractivity contribution in [2.24, 2.45) is 4.99 Å². The smallest absolute Gasteiger partial charge is 0.259 e. The molecule has 0 saturated heterocycles. The molecule has 34 heavy (non-hydrogen) atoms. The lowest BCUT2D eigenvalue weighted by atomic mass is 10.1. The standard InChI is InChI=1S/C27H22N2O4S/c1-17-24(26(30)29-20-10-6-7-11-21(20)31-2)27(34-25(17)19-8-4-3-5-9-19)28-15-18-12-13-22-23(14-18)33-16-32-22/h3-15H,16H2,1-2H3,(H,29,30)/b28-15-. The van der Waals surface area contributed by atoms with E-state index >= 15 is 0 Å². The molecule has 1 aliphatic rings. The van der Waals surface area contributed by atoms with Crippen LogP contribution in [0.2, 0.25) is 0 Å². The number of ether oxygens (including phenoxy) is 3. The third-order valence-corrected chi connectivity index (χ3v) is 6.72. The Morgan fingerprint density at radius 1 is 1.03 bits per heavy atom. The van der Waals surface area contributed by atoms with Gasteiger partial charge in [0.25, 0.3) is 5.91 Å². The van der Waals surface area contributed by atoms with Crippen molar-refractivity contribution < 1.29 is 19.0 Å². The molecule has 0 radical (unpaired) electrons. The predicted molar refractivity (Wildman–Crippen MR) is 135 cm³/mol. The van der Waals surface area contributed by atoms with Crippen LogP contribution in [0.3, 0.4) is 0 Å². The Bertz CT molecular complexity index is 1380. The van der Waals surface area contributed by atoms with Gasteiger partial charge in [0, 0.05) is 11.1 Å². The molecule has 0 bridgehead atoms. The van der Waals surface area contributed by atoms with Gasteiger partial charge in [-0.3, -0.25) is 4.79 Å². The van der Waals surface area contributed by atoms with Crippen LogP contribution in [0.4, 0.5) is 10.7 Å². The highest BCUT2D eigenvalue weighted by Crippen LogP contribution is 2.42. The van der Waals surface area contributed by atoms with Crippen molar-refractivity contribution in [2.45, 2.75) is 6.92 Å². The van der Waals surface area contributed by atoms with Crippen LogP contribution >= 0.6 is 11.3 Å². The number of methoxy groups -OCH3 is 1. The minimum atomic E-state index is -0.238. The lowest BCUT2D eigenvalue weighted by Gasteiger charge is -2.10. The van der Waals surface area contributed by atoms with Crippen LogP contribution in [-0.2, 0) is 0 Å². The number of carbonyl (C=O) groups excluding carboxylic acids is 1. The number of aliphatic imine (C=N–C) groups is 1. The summed E-state index contributed by atoms with van der Waals surface area (Å²) in [4.78, 5) is 19.2. The van der Waals surface area contributed by atoms with E-state index in [0.717, 1.165) is 21.6 Å². The number of nitrogens with zero attached hydrogens (tertiary/aromatic N) is 1. The van der Waals surface area contributed by atoms with Crippen LogP contribution in [0.1, 0.15) is 21.5 Å². The Morgan fingerprint density at radius 2 is 1.79 bits per heavy atom. The van der Waals surface area contributed by atoms with Crippen molar-refractivity contribution in [1.82, 2.24) is 0 Å². The molecule has 1 N–H and O–H groups in total. The minimum absolute atomic E-state index is 0.216. The third kappa shape index (κ3) is 4.25. The molecule has 0 saturated carbocycles. The van der Waals surface area contributed by atoms with Crippen molar-refractivity contribution in [1.29, 1.82) is 0 Å². The molecule has 2 heterocycles. The van der Waals surface area contributed by atoms with Gasteiger partial charge in [0.05, 0.1) is 18.4 Å². The fraction of sp³-hybridized carbons (Fsp3) is 0.111. The Labute approximate surface area is 201 Å². The number of para-hydroxylation sites is 2. The molecule has 5 rings (SSSR count). The Kier molecular flexibility index (Phi) is 6.01. The maximum atomic E-state index is 13.5. The number of rotatable bonds is 6. The molecule has 170 valence electrons. The van der Waals surface area contributed by atoms with Gasteiger partial charge in [-0.1, -0.05) is 42.5 Å². The maximum Gasteiger partial charge on any atom is 0.259 e. The van der Waals surface area contributed by atoms with Crippen molar-refractivity contribution in [3.63, 3.8) is 0 Å². The number of anilines is 1. The van der Waals surface area contributed by atoms with Crippen LogP contribution in [-0.4, -0.2) is 26.0 Å². The van der Waals surface area contributed by atoms with Gasteiger partial charge in [-0.05, 0) is 53.9 Å². The van der Waals surface area contributed by atoms with E-state index in [4.69, 9.17) is 19.2 Å². The zero-order chi connectivity index (χ0) is 23.5. The third-order valence-electron chi connectivity index (χ3n) is 5.47. The first kappa shape index (κ1) is 21.7. The van der Waals surface area contributed by atoms with E-state index in [0.29, 0.717) is 33.5 Å². The molecule has 0 fully saturated rings. The lowest BCUT2D eigenvalue weighted by molar-refractivity contribution is 0.102. The van der Waals surface area contributed by atoms with Gasteiger partial charge in [0.15, 0.2) is 11.5 Å². The molecular formula is C27H22N2O4S. The maximum absolute atomic E-state index is 13.5. The predicted octanol–water partition coefficient (Wildman–Crippen LogP) is 6.46. The van der Waals surface area contributed by atoms with Crippen LogP contribution in [0, 0.1) is 6.92 Å². The molecule has 6 nitrogen and oxygen atoms in total. The zero-order valence-electron chi connectivity index (χ0n) is 18.7. The average molecular weight is 471 g/mol. The number of fused-ring (bicyclic) bond motifs is 1. The van der Waals surface area contributed by atoms with Crippen molar-refractivity contribution >= 4 is 34.1 Å². The highest BCUT2D eigenvalue weighted by atomic mass is 32.1. The lowest BCUT2D eigenvalue weighted by Crippen LogP contribution is -2.13. The van der Waals surface area contributed by atoms with Gasteiger partial charge in [0.2, 0.25) is 6.79 Å². The van der Waals surface area contributed by atoms with Crippen molar-refractivity contribution in [2.75, 3.05) is 19.2 Å². The summed E-state index contributed by atoms with van der Waals surface area (Å²) in [6.45, 7) is 2.17. The van der Waals surface area contributed by atoms with Gasteiger partial charge < -0.3 is 19.5 Å². The van der Waals surface area contributed by atoms with Gasteiger partial charge in [0.1, 0.15) is 10.8 Å². The summed E-state index contributed by atoms with van der Waals surface area (Å²) in [7, 11) is 1.58. The molecule has 3 aromatic carbocycles. The fourth-order valence-electron chi connectivity index (χ4n) is 3.78. The summed E-state index contributed by atoms with van der Waals surface area (Å²) in [6, 6.07) is 23.0. The molecule has 4 aromatic rings. The number of hydrogen-bond donors (Lipinski definition) is 1. The first-order valence-electron chi connectivity index (χ1n) is 10.7. The first-order valence-corrected chi connectivity index (χ1v) is 11.5. The average Bonchev–Trinajstić information content (AvgIpc) is 3.47. The number of thiophene rings is 1. The van der Waals surface area contributed by atoms with E-state index in [-0.39, 0.29) is 12.7 Å². The molecule has 0 atom stereocenters. The van der Waals surface area contributed by atoms with Crippen molar-refractivity contribution in [3.8, 4) is 27.7 Å². The second-order valence-electron chi connectivity index (χ2n) is 7.63. The normalized spacial score (nSPS) is 12.2. The second-order valence-corrected chi connectivity index (χ2v) is 8.63. The van der Waals surface area contributed by atoms with Crippen LogP contribution < -0.4 is 19.5 Å². The number of carbonyl (C=O) groups is 1. The van der Waals surface area contributed by atoms with Gasteiger partial charge in [-0.15, -0.1) is 11.3 Å². The summed E-state index contributed by atoms with van der Waals surface area (Å²) in [6.07, 6.45) is 1.74. The van der Waals surface area contributed by atoms with Crippen molar-refractivity contribution in [3.05, 3.63) is 89.5 Å². The Morgan fingerprint density at radius 3 is 2.62 bits per heavy atom.